The number of rotatable bonds is 7. The van der Waals surface area contributed by atoms with Gasteiger partial charge in [0.1, 0.15) is 10.7 Å². The van der Waals surface area contributed by atoms with E-state index in [1.807, 2.05) is 20.8 Å². The van der Waals surface area contributed by atoms with Crippen molar-refractivity contribution >= 4 is 10.0 Å². The lowest BCUT2D eigenvalue weighted by atomic mass is 10.2. The van der Waals surface area contributed by atoms with Crippen molar-refractivity contribution in [1.29, 1.82) is 0 Å². The van der Waals surface area contributed by atoms with E-state index in [2.05, 4.69) is 5.32 Å². The lowest BCUT2D eigenvalue weighted by molar-refractivity contribution is 0.414. The molecule has 114 valence electrons. The molecular formula is C14H23FN2O2S. The van der Waals surface area contributed by atoms with Crippen molar-refractivity contribution in [2.24, 2.45) is 5.92 Å². The summed E-state index contributed by atoms with van der Waals surface area (Å²) < 4.78 is 39.8. The van der Waals surface area contributed by atoms with E-state index in [1.165, 1.54) is 23.5 Å². The number of nitrogens with zero attached hydrogens (tertiary/aromatic N) is 1. The molecule has 0 saturated carbocycles. The largest absolute Gasteiger partial charge is 0.313 e. The number of sulfonamides is 1. The van der Waals surface area contributed by atoms with Gasteiger partial charge in [0.15, 0.2) is 0 Å². The summed E-state index contributed by atoms with van der Waals surface area (Å²) >= 11 is 0. The van der Waals surface area contributed by atoms with Gasteiger partial charge in [-0.2, -0.15) is 0 Å². The second kappa shape index (κ2) is 7.15. The smallest absolute Gasteiger partial charge is 0.245 e. The quantitative estimate of drug-likeness (QED) is 0.840. The maximum absolute atomic E-state index is 13.9. The SMILES string of the molecule is CCNCc1ccc(F)c(S(=O)(=O)N(C)CC(C)C)c1. The van der Waals surface area contributed by atoms with Crippen LogP contribution in [0.2, 0.25) is 0 Å². The van der Waals surface area contributed by atoms with Gasteiger partial charge in [-0.1, -0.05) is 26.8 Å². The van der Waals surface area contributed by atoms with Gasteiger partial charge in [0.25, 0.3) is 0 Å². The summed E-state index contributed by atoms with van der Waals surface area (Å²) in [6, 6.07) is 4.21. The molecule has 1 aromatic rings. The van der Waals surface area contributed by atoms with Gasteiger partial charge in [0, 0.05) is 20.1 Å². The highest BCUT2D eigenvalue weighted by Crippen LogP contribution is 2.20. The standard InChI is InChI=1S/C14H23FN2O2S/c1-5-16-9-12-6-7-13(15)14(8-12)20(18,19)17(4)10-11(2)3/h6-8,11,16H,5,9-10H2,1-4H3. The first kappa shape index (κ1) is 17.1. The summed E-state index contributed by atoms with van der Waals surface area (Å²) in [7, 11) is -2.30. The molecule has 1 N–H and O–H groups in total. The molecule has 0 unspecified atom stereocenters. The Morgan fingerprint density at radius 2 is 2.00 bits per heavy atom. The molecule has 1 aromatic carbocycles. The molecule has 4 nitrogen and oxygen atoms in total. The normalized spacial score (nSPS) is 12.3. The Labute approximate surface area is 121 Å². The fourth-order valence-electron chi connectivity index (χ4n) is 1.90. The van der Waals surface area contributed by atoms with E-state index in [0.717, 1.165) is 12.1 Å². The fraction of sp³-hybridized carbons (Fsp3) is 0.571. The van der Waals surface area contributed by atoms with Gasteiger partial charge in [-0.15, -0.1) is 0 Å². The van der Waals surface area contributed by atoms with Crippen molar-refractivity contribution in [3.63, 3.8) is 0 Å². The van der Waals surface area contributed by atoms with E-state index in [-0.39, 0.29) is 10.8 Å². The van der Waals surface area contributed by atoms with Crippen LogP contribution in [0.25, 0.3) is 0 Å². The minimum atomic E-state index is -3.78. The molecule has 0 saturated heterocycles. The Balaban J connectivity index is 3.10. The number of benzene rings is 1. The number of nitrogens with one attached hydrogen (secondary N) is 1. The van der Waals surface area contributed by atoms with Crippen LogP contribution in [-0.4, -0.2) is 32.9 Å². The molecule has 0 bridgehead atoms. The van der Waals surface area contributed by atoms with Crippen molar-refractivity contribution in [2.45, 2.75) is 32.2 Å². The first-order valence-corrected chi connectivity index (χ1v) is 8.18. The first-order chi connectivity index (χ1) is 9.28. The van der Waals surface area contributed by atoms with Crippen molar-refractivity contribution in [2.75, 3.05) is 20.1 Å². The molecule has 0 amide bonds. The van der Waals surface area contributed by atoms with E-state index in [9.17, 15) is 12.8 Å². The van der Waals surface area contributed by atoms with Crippen LogP contribution < -0.4 is 5.32 Å². The minimum Gasteiger partial charge on any atom is -0.313 e. The molecule has 20 heavy (non-hydrogen) atoms. The molecule has 0 aliphatic carbocycles. The van der Waals surface area contributed by atoms with Crippen molar-refractivity contribution in [3.05, 3.63) is 29.6 Å². The summed E-state index contributed by atoms with van der Waals surface area (Å²) in [5.41, 5.74) is 0.754. The van der Waals surface area contributed by atoms with Crippen LogP contribution in [0.5, 0.6) is 0 Å². The fourth-order valence-corrected chi connectivity index (χ4v) is 3.35. The van der Waals surface area contributed by atoms with Gasteiger partial charge in [-0.25, -0.2) is 17.1 Å². The lowest BCUT2D eigenvalue weighted by Crippen LogP contribution is -2.31. The first-order valence-electron chi connectivity index (χ1n) is 6.74. The monoisotopic (exact) mass is 302 g/mol. The van der Waals surface area contributed by atoms with Gasteiger partial charge >= 0.3 is 0 Å². The van der Waals surface area contributed by atoms with E-state index in [0.29, 0.717) is 13.1 Å². The van der Waals surface area contributed by atoms with Crippen molar-refractivity contribution in [1.82, 2.24) is 9.62 Å². The molecule has 0 aliphatic heterocycles. The predicted molar refractivity (Wildman–Crippen MR) is 78.4 cm³/mol. The van der Waals surface area contributed by atoms with Gasteiger partial charge in [-0.05, 0) is 30.2 Å². The Bertz CT molecular complexity index is 544. The maximum atomic E-state index is 13.9. The van der Waals surface area contributed by atoms with Gasteiger partial charge < -0.3 is 5.32 Å². The second-order valence-electron chi connectivity index (χ2n) is 5.22. The zero-order valence-corrected chi connectivity index (χ0v) is 13.3. The highest BCUT2D eigenvalue weighted by molar-refractivity contribution is 7.89. The molecule has 0 heterocycles. The summed E-state index contributed by atoms with van der Waals surface area (Å²) in [5.74, 6) is -0.524. The molecule has 6 heteroatoms. The summed E-state index contributed by atoms with van der Waals surface area (Å²) in [4.78, 5) is -0.254. The van der Waals surface area contributed by atoms with Crippen LogP contribution >= 0.6 is 0 Å². The van der Waals surface area contributed by atoms with Crippen LogP contribution in [0.4, 0.5) is 4.39 Å². The third-order valence-electron chi connectivity index (χ3n) is 2.89. The molecule has 1 rings (SSSR count). The average Bonchev–Trinajstić information content (AvgIpc) is 2.36. The highest BCUT2D eigenvalue weighted by atomic mass is 32.2. The van der Waals surface area contributed by atoms with E-state index >= 15 is 0 Å². The van der Waals surface area contributed by atoms with Crippen LogP contribution in [-0.2, 0) is 16.6 Å². The Morgan fingerprint density at radius 3 is 2.55 bits per heavy atom. The number of hydrogen-bond acceptors (Lipinski definition) is 3. The highest BCUT2D eigenvalue weighted by Gasteiger charge is 2.25. The Hall–Kier alpha value is -0.980. The van der Waals surface area contributed by atoms with E-state index in [1.54, 1.807) is 6.07 Å². The van der Waals surface area contributed by atoms with Gasteiger partial charge in [-0.3, -0.25) is 0 Å². The minimum absolute atomic E-state index is 0.183. The average molecular weight is 302 g/mol. The van der Waals surface area contributed by atoms with E-state index < -0.39 is 15.8 Å². The van der Waals surface area contributed by atoms with Gasteiger partial charge in [0.05, 0.1) is 0 Å². The molecule has 0 spiro atoms. The molecular weight excluding hydrogens is 279 g/mol. The van der Waals surface area contributed by atoms with Gasteiger partial charge in [0.2, 0.25) is 10.0 Å². The zero-order chi connectivity index (χ0) is 15.3. The molecule has 0 atom stereocenters. The molecule has 0 aromatic heterocycles. The molecule has 0 radical (unpaired) electrons. The summed E-state index contributed by atoms with van der Waals surface area (Å²) in [6.45, 7) is 7.45. The summed E-state index contributed by atoms with van der Waals surface area (Å²) in [5, 5.41) is 3.09. The number of halogens is 1. The third-order valence-corrected chi connectivity index (χ3v) is 4.72. The molecule has 0 fully saturated rings. The predicted octanol–water partition coefficient (Wildman–Crippen LogP) is 2.21. The van der Waals surface area contributed by atoms with Crippen molar-refractivity contribution < 1.29 is 12.8 Å². The number of hydrogen-bond donors (Lipinski definition) is 1. The van der Waals surface area contributed by atoms with Crippen LogP contribution in [0.3, 0.4) is 0 Å². The van der Waals surface area contributed by atoms with Crippen LogP contribution in [0.1, 0.15) is 26.3 Å². The second-order valence-corrected chi connectivity index (χ2v) is 7.24. The van der Waals surface area contributed by atoms with Crippen LogP contribution in [0, 0.1) is 11.7 Å². The maximum Gasteiger partial charge on any atom is 0.245 e. The Kier molecular flexibility index (Phi) is 6.10. The zero-order valence-electron chi connectivity index (χ0n) is 12.5. The molecule has 0 aliphatic rings. The topological polar surface area (TPSA) is 49.4 Å². The Morgan fingerprint density at radius 1 is 1.35 bits per heavy atom. The van der Waals surface area contributed by atoms with Crippen molar-refractivity contribution in [3.8, 4) is 0 Å². The lowest BCUT2D eigenvalue weighted by Gasteiger charge is -2.20. The summed E-state index contributed by atoms with van der Waals surface area (Å²) in [6.07, 6.45) is 0. The van der Waals surface area contributed by atoms with Crippen LogP contribution in [0.15, 0.2) is 23.1 Å². The third kappa shape index (κ3) is 4.26. The van der Waals surface area contributed by atoms with E-state index in [4.69, 9.17) is 0 Å².